The zero-order valence-electron chi connectivity index (χ0n) is 17.9. The summed E-state index contributed by atoms with van der Waals surface area (Å²) in [4.78, 5) is 6.77. The Labute approximate surface area is 206 Å². The number of rotatable bonds is 10. The third-order valence-corrected chi connectivity index (χ3v) is 5.22. The van der Waals surface area contributed by atoms with Gasteiger partial charge in [-0.2, -0.15) is 0 Å². The Morgan fingerprint density at radius 3 is 2.77 bits per heavy atom. The van der Waals surface area contributed by atoms with E-state index >= 15 is 0 Å². The molecule has 0 amide bonds. The third kappa shape index (κ3) is 8.97. The minimum atomic E-state index is 0. The lowest BCUT2D eigenvalue weighted by molar-refractivity contribution is 0.0170. The van der Waals surface area contributed by atoms with Gasteiger partial charge >= 0.3 is 0 Å². The van der Waals surface area contributed by atoms with Crippen molar-refractivity contribution in [1.29, 1.82) is 0 Å². The van der Waals surface area contributed by atoms with Crippen LogP contribution in [0.3, 0.4) is 0 Å². The van der Waals surface area contributed by atoms with Crippen molar-refractivity contribution < 1.29 is 13.9 Å². The van der Waals surface area contributed by atoms with Gasteiger partial charge in [0.05, 0.1) is 25.5 Å². The maximum Gasteiger partial charge on any atom is 0.191 e. The van der Waals surface area contributed by atoms with Crippen LogP contribution in [0.4, 0.5) is 0 Å². The number of hydrogen-bond acceptors (Lipinski definition) is 5. The van der Waals surface area contributed by atoms with Crippen molar-refractivity contribution in [2.45, 2.75) is 19.1 Å². The molecule has 1 atom stereocenters. The molecule has 1 fully saturated rings. The molecule has 0 spiro atoms. The summed E-state index contributed by atoms with van der Waals surface area (Å²) in [6.07, 6.45) is 2.53. The van der Waals surface area contributed by atoms with Crippen LogP contribution in [-0.4, -0.2) is 63.9 Å². The first-order valence-electron chi connectivity index (χ1n) is 10.4. The van der Waals surface area contributed by atoms with E-state index in [2.05, 4.69) is 26.6 Å². The molecule has 0 aliphatic carbocycles. The number of halogens is 2. The van der Waals surface area contributed by atoms with Crippen LogP contribution in [0.15, 0.2) is 52.1 Å². The van der Waals surface area contributed by atoms with Crippen molar-refractivity contribution >= 4 is 41.5 Å². The van der Waals surface area contributed by atoms with Gasteiger partial charge in [0.15, 0.2) is 5.96 Å². The Kier molecular flexibility index (Phi) is 12.3. The first-order chi connectivity index (χ1) is 14.8. The molecule has 3 rings (SSSR count). The van der Waals surface area contributed by atoms with E-state index in [1.54, 1.807) is 13.3 Å². The van der Waals surface area contributed by atoms with Crippen LogP contribution in [0.2, 0.25) is 5.02 Å². The minimum absolute atomic E-state index is 0. The molecule has 0 bridgehead atoms. The molecule has 7 nitrogen and oxygen atoms in total. The quantitative estimate of drug-likeness (QED) is 0.199. The van der Waals surface area contributed by atoms with Crippen LogP contribution in [0.5, 0.6) is 0 Å². The molecule has 0 saturated carbocycles. The fourth-order valence-electron chi connectivity index (χ4n) is 3.42. The number of nitrogens with one attached hydrogen (secondary N) is 2. The highest BCUT2D eigenvalue weighted by atomic mass is 127. The molecule has 1 aromatic heterocycles. The van der Waals surface area contributed by atoms with E-state index in [1.165, 1.54) is 5.56 Å². The lowest BCUT2D eigenvalue weighted by Gasteiger charge is -2.35. The van der Waals surface area contributed by atoms with Crippen LogP contribution in [0.25, 0.3) is 0 Å². The summed E-state index contributed by atoms with van der Waals surface area (Å²) in [5.74, 6) is 1.62. The first kappa shape index (κ1) is 25.9. The second-order valence-electron chi connectivity index (χ2n) is 7.08. The monoisotopic (exact) mass is 562 g/mol. The predicted octanol–water partition coefficient (Wildman–Crippen LogP) is 3.70. The number of aliphatic imine (C=N–C) groups is 1. The normalized spacial score (nSPS) is 15.9. The van der Waals surface area contributed by atoms with Crippen LogP contribution >= 0.6 is 35.6 Å². The number of morpholine rings is 1. The van der Waals surface area contributed by atoms with E-state index in [-0.39, 0.29) is 30.0 Å². The molecule has 172 valence electrons. The van der Waals surface area contributed by atoms with Crippen molar-refractivity contribution in [3.63, 3.8) is 0 Å². The number of benzene rings is 1. The predicted molar refractivity (Wildman–Crippen MR) is 134 cm³/mol. The molecule has 9 heteroatoms. The highest BCUT2D eigenvalue weighted by Gasteiger charge is 2.23. The molecule has 2 N–H and O–H groups in total. The van der Waals surface area contributed by atoms with Crippen LogP contribution in [0.1, 0.15) is 23.8 Å². The highest BCUT2D eigenvalue weighted by Crippen LogP contribution is 2.23. The van der Waals surface area contributed by atoms with Crippen molar-refractivity contribution in [2.24, 2.45) is 4.99 Å². The zero-order chi connectivity index (χ0) is 21.0. The van der Waals surface area contributed by atoms with Crippen molar-refractivity contribution in [2.75, 3.05) is 53.0 Å². The van der Waals surface area contributed by atoms with E-state index in [0.717, 1.165) is 62.6 Å². The molecular weight excluding hydrogens is 531 g/mol. The van der Waals surface area contributed by atoms with Crippen molar-refractivity contribution in [3.8, 4) is 0 Å². The summed E-state index contributed by atoms with van der Waals surface area (Å²) in [7, 11) is 1.78. The second-order valence-corrected chi connectivity index (χ2v) is 7.52. The Bertz CT molecular complexity index is 770. The van der Waals surface area contributed by atoms with Crippen LogP contribution < -0.4 is 10.6 Å². The van der Waals surface area contributed by atoms with Gasteiger partial charge in [-0.3, -0.25) is 9.89 Å². The molecular formula is C22H32ClIN4O3. The second kappa shape index (κ2) is 14.7. The first-order valence-corrected chi connectivity index (χ1v) is 10.8. The summed E-state index contributed by atoms with van der Waals surface area (Å²) in [5, 5.41) is 7.56. The topological polar surface area (TPSA) is 71.3 Å². The van der Waals surface area contributed by atoms with Crippen molar-refractivity contribution in [3.05, 3.63) is 59.0 Å². The number of hydrogen-bond donors (Lipinski definition) is 2. The van der Waals surface area contributed by atoms with Gasteiger partial charge in [0, 0.05) is 44.9 Å². The largest absolute Gasteiger partial charge is 0.467 e. The Balaban J connectivity index is 0.00000341. The lowest BCUT2D eigenvalue weighted by atomic mass is 10.0. The van der Waals surface area contributed by atoms with E-state index in [9.17, 15) is 0 Å². The molecule has 1 aliphatic rings. The van der Waals surface area contributed by atoms with Gasteiger partial charge in [0.2, 0.25) is 0 Å². The summed E-state index contributed by atoms with van der Waals surface area (Å²) in [6.45, 7) is 5.97. The Morgan fingerprint density at radius 2 is 2.06 bits per heavy atom. The fraction of sp³-hybridized carbons (Fsp3) is 0.500. The van der Waals surface area contributed by atoms with Crippen molar-refractivity contribution in [1.82, 2.24) is 15.5 Å². The fourth-order valence-corrected chi connectivity index (χ4v) is 3.62. The molecule has 1 saturated heterocycles. The van der Waals surface area contributed by atoms with Gasteiger partial charge in [0.1, 0.15) is 12.4 Å². The van der Waals surface area contributed by atoms with Gasteiger partial charge in [-0.25, -0.2) is 0 Å². The van der Waals surface area contributed by atoms with Gasteiger partial charge in [-0.15, -0.1) is 24.0 Å². The number of ether oxygens (including phenoxy) is 2. The lowest BCUT2D eigenvalue weighted by Crippen LogP contribution is -2.46. The van der Waals surface area contributed by atoms with E-state index in [1.807, 2.05) is 30.3 Å². The average Bonchev–Trinajstić information content (AvgIpc) is 3.29. The summed E-state index contributed by atoms with van der Waals surface area (Å²) >= 11 is 6.24. The Morgan fingerprint density at radius 1 is 1.23 bits per heavy atom. The number of guanidine groups is 1. The molecule has 2 aromatic rings. The third-order valence-electron chi connectivity index (χ3n) is 4.99. The molecule has 1 aromatic carbocycles. The van der Waals surface area contributed by atoms with Gasteiger partial charge in [-0.1, -0.05) is 23.7 Å². The molecule has 1 aliphatic heterocycles. The van der Waals surface area contributed by atoms with E-state index in [4.69, 9.17) is 25.5 Å². The number of nitrogens with zero attached hydrogens (tertiary/aromatic N) is 2. The molecule has 2 heterocycles. The van der Waals surface area contributed by atoms with E-state index < -0.39 is 0 Å². The highest BCUT2D eigenvalue weighted by molar-refractivity contribution is 14.0. The van der Waals surface area contributed by atoms with Gasteiger partial charge in [-0.05, 0) is 36.2 Å². The maximum atomic E-state index is 6.24. The summed E-state index contributed by atoms with van der Waals surface area (Å²) in [5.41, 5.74) is 1.19. The van der Waals surface area contributed by atoms with E-state index in [0.29, 0.717) is 13.2 Å². The van der Waals surface area contributed by atoms with Gasteiger partial charge in [0.25, 0.3) is 0 Å². The summed E-state index contributed by atoms with van der Waals surface area (Å²) < 4.78 is 16.4. The number of furan rings is 1. The molecule has 31 heavy (non-hydrogen) atoms. The molecule has 1 unspecified atom stereocenters. The molecule has 0 radical (unpaired) electrons. The SMILES string of the molecule is CN=C(NCCCOCc1ccco1)NCC(c1cccc(Cl)c1)N1CCOCC1.I. The standard InChI is InChI=1S/C22H31ClN4O3.HI/c1-24-22(25-8-4-11-29-17-20-7-3-12-30-20)26-16-21(27-9-13-28-14-10-27)18-5-2-6-19(23)15-18;/h2-3,5-7,12,15,21H,4,8-11,13-14,16-17H2,1H3,(H2,24,25,26);1H. The van der Waals surface area contributed by atoms with Crippen LogP contribution in [0, 0.1) is 0 Å². The maximum absolute atomic E-state index is 6.24. The van der Waals surface area contributed by atoms with Gasteiger partial charge < -0.3 is 24.5 Å². The average molecular weight is 563 g/mol. The summed E-state index contributed by atoms with van der Waals surface area (Å²) in [6, 6.07) is 12.0. The smallest absolute Gasteiger partial charge is 0.191 e. The Hall–Kier alpha value is -1.33. The van der Waals surface area contributed by atoms with Crippen LogP contribution in [-0.2, 0) is 16.1 Å². The minimum Gasteiger partial charge on any atom is -0.467 e. The zero-order valence-corrected chi connectivity index (χ0v) is 21.0.